The lowest BCUT2D eigenvalue weighted by molar-refractivity contribution is 0.350. The molecule has 0 spiro atoms. The quantitative estimate of drug-likeness (QED) is 0.914. The first-order chi connectivity index (χ1) is 10.5. The van der Waals surface area contributed by atoms with Gasteiger partial charge < -0.3 is 5.32 Å². The van der Waals surface area contributed by atoms with Crippen LogP contribution in [0.3, 0.4) is 0 Å². The molecule has 1 atom stereocenters. The van der Waals surface area contributed by atoms with E-state index in [2.05, 4.69) is 10.3 Å². The smallest absolute Gasteiger partial charge is 0.244 e. The van der Waals surface area contributed by atoms with Gasteiger partial charge in [0.1, 0.15) is 0 Å². The summed E-state index contributed by atoms with van der Waals surface area (Å²) in [5.74, 6) is -0.614. The van der Waals surface area contributed by atoms with Crippen LogP contribution in [0, 0.1) is 5.82 Å². The first kappa shape index (κ1) is 15.3. The molecule has 1 fully saturated rings. The molecule has 1 saturated heterocycles. The number of sulfonamides is 1. The predicted molar refractivity (Wildman–Crippen MR) is 82.5 cm³/mol. The molecule has 118 valence electrons. The number of benzene rings is 1. The zero-order valence-corrected chi connectivity index (χ0v) is 13.1. The van der Waals surface area contributed by atoms with Gasteiger partial charge in [-0.2, -0.15) is 4.31 Å². The molecule has 0 aliphatic carbocycles. The summed E-state index contributed by atoms with van der Waals surface area (Å²) in [5.41, 5.74) is 0. The maximum atomic E-state index is 14.2. The van der Waals surface area contributed by atoms with Gasteiger partial charge in [-0.3, -0.25) is 4.98 Å². The molecular formula is C15H18FN3O2S. The maximum Gasteiger partial charge on any atom is 0.244 e. The summed E-state index contributed by atoms with van der Waals surface area (Å²) in [6, 6.07) is 4.63. The Bertz CT molecular complexity index is 789. The van der Waals surface area contributed by atoms with Gasteiger partial charge >= 0.3 is 0 Å². The first-order valence-corrected chi connectivity index (χ1v) is 8.70. The number of nitrogens with zero attached hydrogens (tertiary/aromatic N) is 2. The lowest BCUT2D eigenvalue weighted by atomic mass is 10.2. The molecular weight excluding hydrogens is 305 g/mol. The normalized spacial score (nSPS) is 20.9. The third kappa shape index (κ3) is 2.60. The Hall–Kier alpha value is -1.57. The summed E-state index contributed by atoms with van der Waals surface area (Å²) in [4.78, 5) is 3.80. The van der Waals surface area contributed by atoms with Crippen LogP contribution in [-0.2, 0) is 10.0 Å². The van der Waals surface area contributed by atoms with Gasteiger partial charge in [0, 0.05) is 36.1 Å². The van der Waals surface area contributed by atoms with Crippen molar-refractivity contribution in [3.8, 4) is 0 Å². The summed E-state index contributed by atoms with van der Waals surface area (Å²) in [6.07, 6.45) is 3.26. The Morgan fingerprint density at radius 2 is 2.14 bits per heavy atom. The molecule has 1 aromatic heterocycles. The highest BCUT2D eigenvalue weighted by Gasteiger charge is 2.31. The van der Waals surface area contributed by atoms with Crippen molar-refractivity contribution in [1.29, 1.82) is 0 Å². The minimum Gasteiger partial charge on any atom is -0.315 e. The zero-order chi connectivity index (χ0) is 15.7. The van der Waals surface area contributed by atoms with Crippen LogP contribution in [0.4, 0.5) is 4.39 Å². The topological polar surface area (TPSA) is 62.3 Å². The Kier molecular flexibility index (Phi) is 4.12. The fourth-order valence-electron chi connectivity index (χ4n) is 2.85. The molecule has 1 unspecified atom stereocenters. The number of nitrogens with one attached hydrogen (secondary N) is 1. The van der Waals surface area contributed by atoms with Gasteiger partial charge in [0.25, 0.3) is 0 Å². The monoisotopic (exact) mass is 323 g/mol. The van der Waals surface area contributed by atoms with Crippen LogP contribution in [0.25, 0.3) is 10.8 Å². The molecule has 2 aromatic rings. The van der Waals surface area contributed by atoms with Crippen molar-refractivity contribution in [2.75, 3.05) is 19.6 Å². The average Bonchev–Trinajstić information content (AvgIpc) is 2.72. The summed E-state index contributed by atoms with van der Waals surface area (Å²) in [7, 11) is -3.76. The summed E-state index contributed by atoms with van der Waals surface area (Å²) < 4.78 is 41.7. The second-order valence-electron chi connectivity index (χ2n) is 5.48. The molecule has 5 nitrogen and oxygen atoms in total. The lowest BCUT2D eigenvalue weighted by Gasteiger charge is -2.26. The fraction of sp³-hybridized carbons (Fsp3) is 0.400. The van der Waals surface area contributed by atoms with E-state index < -0.39 is 15.8 Å². The van der Waals surface area contributed by atoms with Crippen LogP contribution in [0.1, 0.15) is 13.3 Å². The van der Waals surface area contributed by atoms with Crippen molar-refractivity contribution in [3.63, 3.8) is 0 Å². The second kappa shape index (κ2) is 5.91. The zero-order valence-electron chi connectivity index (χ0n) is 12.3. The molecule has 2 heterocycles. The summed E-state index contributed by atoms with van der Waals surface area (Å²) in [6.45, 7) is 3.64. The van der Waals surface area contributed by atoms with Crippen molar-refractivity contribution in [1.82, 2.24) is 14.6 Å². The van der Waals surface area contributed by atoms with Crippen molar-refractivity contribution in [2.24, 2.45) is 0 Å². The minimum atomic E-state index is -3.76. The molecule has 1 aliphatic heterocycles. The van der Waals surface area contributed by atoms with Gasteiger partial charge in [-0.05, 0) is 26.0 Å². The van der Waals surface area contributed by atoms with Crippen LogP contribution < -0.4 is 5.32 Å². The Morgan fingerprint density at radius 3 is 2.95 bits per heavy atom. The molecule has 0 amide bonds. The molecule has 3 rings (SSSR count). The number of halogens is 1. The number of rotatable bonds is 2. The Balaban J connectivity index is 2.17. The van der Waals surface area contributed by atoms with Gasteiger partial charge in [-0.25, -0.2) is 12.8 Å². The van der Waals surface area contributed by atoms with Crippen LogP contribution >= 0.6 is 0 Å². The van der Waals surface area contributed by atoms with E-state index in [1.165, 1.54) is 16.6 Å². The predicted octanol–water partition coefficient (Wildman–Crippen LogP) is 1.75. The van der Waals surface area contributed by atoms with Gasteiger partial charge in [0.2, 0.25) is 10.0 Å². The highest BCUT2D eigenvalue weighted by Crippen LogP contribution is 2.29. The molecule has 7 heteroatoms. The van der Waals surface area contributed by atoms with Crippen molar-refractivity contribution < 1.29 is 12.8 Å². The van der Waals surface area contributed by atoms with Crippen molar-refractivity contribution >= 4 is 20.8 Å². The van der Waals surface area contributed by atoms with Crippen LogP contribution in [0.15, 0.2) is 35.5 Å². The molecule has 0 bridgehead atoms. The van der Waals surface area contributed by atoms with Gasteiger partial charge in [0.05, 0.1) is 11.1 Å². The standard InChI is InChI=1S/C15H18FN3O2S/c1-11-5-6-17-7-8-19(11)22(20,21)14-4-2-3-12-9-18-10-13(16)15(12)14/h2-4,9-11,17H,5-8H2,1H3. The van der Waals surface area contributed by atoms with E-state index in [0.29, 0.717) is 18.5 Å². The number of hydrogen-bond donors (Lipinski definition) is 1. The summed E-state index contributed by atoms with van der Waals surface area (Å²) in [5, 5.41) is 3.79. The first-order valence-electron chi connectivity index (χ1n) is 7.26. The highest BCUT2D eigenvalue weighted by molar-refractivity contribution is 7.89. The van der Waals surface area contributed by atoms with Crippen molar-refractivity contribution in [3.05, 3.63) is 36.4 Å². The van der Waals surface area contributed by atoms with E-state index in [0.717, 1.165) is 19.2 Å². The van der Waals surface area contributed by atoms with E-state index in [9.17, 15) is 12.8 Å². The van der Waals surface area contributed by atoms with Crippen LogP contribution in [0.5, 0.6) is 0 Å². The molecule has 0 saturated carbocycles. The van der Waals surface area contributed by atoms with Crippen LogP contribution in [0.2, 0.25) is 0 Å². The Morgan fingerprint density at radius 1 is 1.32 bits per heavy atom. The third-order valence-corrected chi connectivity index (χ3v) is 6.08. The second-order valence-corrected chi connectivity index (χ2v) is 7.34. The SMILES string of the molecule is CC1CCNCCN1S(=O)(=O)c1cccc2cncc(F)c12. The van der Waals surface area contributed by atoms with Crippen molar-refractivity contribution in [2.45, 2.75) is 24.3 Å². The molecule has 22 heavy (non-hydrogen) atoms. The van der Waals surface area contributed by atoms with Gasteiger partial charge in [0.15, 0.2) is 5.82 Å². The van der Waals surface area contributed by atoms with Crippen LogP contribution in [-0.4, -0.2) is 43.4 Å². The van der Waals surface area contributed by atoms with Gasteiger partial charge in [-0.15, -0.1) is 0 Å². The van der Waals surface area contributed by atoms with E-state index in [1.54, 1.807) is 12.1 Å². The largest absolute Gasteiger partial charge is 0.315 e. The summed E-state index contributed by atoms with van der Waals surface area (Å²) >= 11 is 0. The number of pyridine rings is 1. The maximum absolute atomic E-state index is 14.2. The molecule has 1 aromatic carbocycles. The van der Waals surface area contributed by atoms with E-state index in [1.807, 2.05) is 6.92 Å². The van der Waals surface area contributed by atoms with E-state index in [-0.39, 0.29) is 16.3 Å². The number of hydrogen-bond acceptors (Lipinski definition) is 4. The minimum absolute atomic E-state index is 0.0126. The van der Waals surface area contributed by atoms with E-state index >= 15 is 0 Å². The average molecular weight is 323 g/mol. The molecule has 1 aliphatic rings. The molecule has 1 N–H and O–H groups in total. The number of fused-ring (bicyclic) bond motifs is 1. The number of aromatic nitrogens is 1. The van der Waals surface area contributed by atoms with Gasteiger partial charge in [-0.1, -0.05) is 12.1 Å². The third-order valence-electron chi connectivity index (χ3n) is 4.02. The Labute approximate surface area is 129 Å². The highest BCUT2D eigenvalue weighted by atomic mass is 32.2. The fourth-order valence-corrected chi connectivity index (χ4v) is 4.73. The van der Waals surface area contributed by atoms with E-state index in [4.69, 9.17) is 0 Å². The lowest BCUT2D eigenvalue weighted by Crippen LogP contribution is -2.39. The molecule has 0 radical (unpaired) electrons.